The van der Waals surface area contributed by atoms with E-state index in [-0.39, 0.29) is 12.6 Å². The molecule has 0 aliphatic heterocycles. The highest BCUT2D eigenvalue weighted by molar-refractivity contribution is 6.18. The normalized spacial score (nSPS) is 10.1. The number of aryl methyl sites for hydroxylation is 2. The molecule has 0 fully saturated rings. The Kier molecular flexibility index (Phi) is 3.37. The smallest absolute Gasteiger partial charge is 0.355 e. The van der Waals surface area contributed by atoms with Crippen molar-refractivity contribution in [3.05, 3.63) is 23.0 Å². The van der Waals surface area contributed by atoms with E-state index in [2.05, 4.69) is 4.98 Å². The lowest BCUT2D eigenvalue weighted by Gasteiger charge is -2.00. The van der Waals surface area contributed by atoms with Gasteiger partial charge in [0.05, 0.1) is 5.88 Å². The van der Waals surface area contributed by atoms with Crippen molar-refractivity contribution in [2.45, 2.75) is 13.8 Å². The standard InChI is InChI=1S/C9H12ClNO2/c1-6-5-7(2)11-8(6)9(12)13-4-3-10/h5,11H,3-4H2,1-2H3. The first kappa shape index (κ1) is 10.1. The molecule has 1 heterocycles. The van der Waals surface area contributed by atoms with Crippen molar-refractivity contribution >= 4 is 17.6 Å². The summed E-state index contributed by atoms with van der Waals surface area (Å²) in [5.41, 5.74) is 2.37. The number of aromatic nitrogens is 1. The molecule has 4 heteroatoms. The number of alkyl halides is 1. The van der Waals surface area contributed by atoms with Gasteiger partial charge in [-0.3, -0.25) is 0 Å². The Morgan fingerprint density at radius 2 is 2.31 bits per heavy atom. The van der Waals surface area contributed by atoms with Crippen LogP contribution in [0.1, 0.15) is 21.7 Å². The number of halogens is 1. The second-order valence-corrected chi connectivity index (χ2v) is 3.21. The monoisotopic (exact) mass is 201 g/mol. The summed E-state index contributed by atoms with van der Waals surface area (Å²) >= 11 is 5.39. The number of hydrogen-bond donors (Lipinski definition) is 1. The molecule has 0 atom stereocenters. The molecule has 0 saturated carbocycles. The van der Waals surface area contributed by atoms with Crippen LogP contribution in [0, 0.1) is 13.8 Å². The van der Waals surface area contributed by atoms with Gasteiger partial charge in [-0.25, -0.2) is 4.79 Å². The first-order valence-electron chi connectivity index (χ1n) is 4.04. The number of ether oxygens (including phenoxy) is 1. The molecule has 13 heavy (non-hydrogen) atoms. The van der Waals surface area contributed by atoms with Crippen LogP contribution >= 0.6 is 11.6 Å². The van der Waals surface area contributed by atoms with E-state index in [0.717, 1.165) is 11.3 Å². The van der Waals surface area contributed by atoms with Gasteiger partial charge in [0, 0.05) is 5.69 Å². The van der Waals surface area contributed by atoms with Crippen LogP contribution in [0.5, 0.6) is 0 Å². The Bertz CT molecular complexity index is 307. The van der Waals surface area contributed by atoms with Gasteiger partial charge in [-0.2, -0.15) is 0 Å². The van der Waals surface area contributed by atoms with E-state index in [4.69, 9.17) is 16.3 Å². The summed E-state index contributed by atoms with van der Waals surface area (Å²) in [5.74, 6) is -0.0175. The third kappa shape index (κ3) is 2.49. The number of nitrogens with one attached hydrogen (secondary N) is 1. The van der Waals surface area contributed by atoms with Gasteiger partial charge in [-0.15, -0.1) is 11.6 Å². The number of carbonyl (C=O) groups is 1. The zero-order valence-corrected chi connectivity index (χ0v) is 8.44. The number of carbonyl (C=O) groups excluding carboxylic acids is 1. The number of aromatic amines is 1. The fraction of sp³-hybridized carbons (Fsp3) is 0.444. The molecule has 72 valence electrons. The molecule has 1 aromatic rings. The topological polar surface area (TPSA) is 42.1 Å². The van der Waals surface area contributed by atoms with E-state index in [9.17, 15) is 4.79 Å². The summed E-state index contributed by atoms with van der Waals surface area (Å²) in [7, 11) is 0. The molecule has 0 bridgehead atoms. The molecular formula is C9H12ClNO2. The molecule has 0 radical (unpaired) electrons. The number of hydrogen-bond acceptors (Lipinski definition) is 2. The predicted molar refractivity (Wildman–Crippen MR) is 51.3 cm³/mol. The Morgan fingerprint density at radius 3 is 2.77 bits per heavy atom. The third-order valence-electron chi connectivity index (χ3n) is 1.66. The average molecular weight is 202 g/mol. The Morgan fingerprint density at radius 1 is 1.62 bits per heavy atom. The van der Waals surface area contributed by atoms with Gasteiger partial charge in [0.25, 0.3) is 0 Å². The van der Waals surface area contributed by atoms with Gasteiger partial charge < -0.3 is 9.72 Å². The maximum absolute atomic E-state index is 11.3. The Labute approximate surface area is 82.0 Å². The average Bonchev–Trinajstić information content (AvgIpc) is 2.41. The molecule has 0 aromatic carbocycles. The van der Waals surface area contributed by atoms with E-state index < -0.39 is 0 Å². The summed E-state index contributed by atoms with van der Waals surface area (Å²) in [5, 5.41) is 0. The number of rotatable bonds is 3. The molecule has 1 aromatic heterocycles. The second-order valence-electron chi connectivity index (χ2n) is 2.84. The Balaban J connectivity index is 2.70. The Hall–Kier alpha value is -0.960. The second kappa shape index (κ2) is 4.33. The van der Waals surface area contributed by atoms with Crippen LogP contribution in [0.25, 0.3) is 0 Å². The fourth-order valence-electron chi connectivity index (χ4n) is 1.14. The zero-order valence-electron chi connectivity index (χ0n) is 7.69. The molecule has 3 nitrogen and oxygen atoms in total. The van der Waals surface area contributed by atoms with Crippen LogP contribution in [-0.2, 0) is 4.74 Å². The molecule has 0 saturated heterocycles. The minimum Gasteiger partial charge on any atom is -0.460 e. The quantitative estimate of drug-likeness (QED) is 0.601. The van der Waals surface area contributed by atoms with Crippen LogP contribution in [-0.4, -0.2) is 23.4 Å². The third-order valence-corrected chi connectivity index (χ3v) is 1.82. The van der Waals surface area contributed by atoms with E-state index in [1.54, 1.807) is 0 Å². The highest BCUT2D eigenvalue weighted by Gasteiger charge is 2.12. The van der Waals surface area contributed by atoms with Gasteiger partial charge in [0.1, 0.15) is 12.3 Å². The van der Waals surface area contributed by atoms with Crippen molar-refractivity contribution in [1.29, 1.82) is 0 Å². The first-order chi connectivity index (χ1) is 6.15. The number of H-pyrrole nitrogens is 1. The molecule has 1 N–H and O–H groups in total. The largest absolute Gasteiger partial charge is 0.460 e. The molecule has 0 spiro atoms. The van der Waals surface area contributed by atoms with Gasteiger partial charge in [-0.1, -0.05) is 0 Å². The SMILES string of the molecule is Cc1cc(C)c(C(=O)OCCCl)[nH]1. The molecular weight excluding hydrogens is 190 g/mol. The van der Waals surface area contributed by atoms with Crippen LogP contribution in [0.2, 0.25) is 0 Å². The van der Waals surface area contributed by atoms with Crippen molar-refractivity contribution in [3.8, 4) is 0 Å². The zero-order chi connectivity index (χ0) is 9.84. The molecule has 0 aliphatic carbocycles. The predicted octanol–water partition coefficient (Wildman–Crippen LogP) is 2.03. The van der Waals surface area contributed by atoms with Crippen LogP contribution < -0.4 is 0 Å². The van der Waals surface area contributed by atoms with Crippen molar-refractivity contribution in [1.82, 2.24) is 4.98 Å². The highest BCUT2D eigenvalue weighted by Crippen LogP contribution is 2.09. The van der Waals surface area contributed by atoms with E-state index in [1.165, 1.54) is 0 Å². The summed E-state index contributed by atoms with van der Waals surface area (Å²) in [6.45, 7) is 4.00. The van der Waals surface area contributed by atoms with Gasteiger partial charge in [0.2, 0.25) is 0 Å². The summed E-state index contributed by atoms with van der Waals surface area (Å²) in [6, 6.07) is 1.90. The van der Waals surface area contributed by atoms with Gasteiger partial charge >= 0.3 is 5.97 Å². The molecule has 0 aliphatic rings. The first-order valence-corrected chi connectivity index (χ1v) is 4.58. The molecule has 0 amide bonds. The highest BCUT2D eigenvalue weighted by atomic mass is 35.5. The maximum Gasteiger partial charge on any atom is 0.355 e. The van der Waals surface area contributed by atoms with E-state index in [0.29, 0.717) is 11.6 Å². The van der Waals surface area contributed by atoms with Crippen LogP contribution in [0.15, 0.2) is 6.07 Å². The summed E-state index contributed by atoms with van der Waals surface area (Å²) < 4.78 is 4.87. The summed E-state index contributed by atoms with van der Waals surface area (Å²) in [4.78, 5) is 14.3. The summed E-state index contributed by atoms with van der Waals surface area (Å²) in [6.07, 6.45) is 0. The lowest BCUT2D eigenvalue weighted by Crippen LogP contribution is -2.08. The minimum atomic E-state index is -0.341. The van der Waals surface area contributed by atoms with Crippen molar-refractivity contribution < 1.29 is 9.53 Å². The molecule has 1 rings (SSSR count). The number of esters is 1. The van der Waals surface area contributed by atoms with Crippen molar-refractivity contribution in [2.24, 2.45) is 0 Å². The van der Waals surface area contributed by atoms with Gasteiger partial charge in [0.15, 0.2) is 0 Å². The maximum atomic E-state index is 11.3. The van der Waals surface area contributed by atoms with Crippen LogP contribution in [0.4, 0.5) is 0 Å². The lowest BCUT2D eigenvalue weighted by atomic mass is 10.3. The lowest BCUT2D eigenvalue weighted by molar-refractivity contribution is 0.0522. The minimum absolute atomic E-state index is 0.248. The van der Waals surface area contributed by atoms with Crippen molar-refractivity contribution in [3.63, 3.8) is 0 Å². The van der Waals surface area contributed by atoms with E-state index in [1.807, 2.05) is 19.9 Å². The van der Waals surface area contributed by atoms with E-state index >= 15 is 0 Å². The fourth-order valence-corrected chi connectivity index (χ4v) is 1.22. The van der Waals surface area contributed by atoms with Crippen molar-refractivity contribution in [2.75, 3.05) is 12.5 Å². The van der Waals surface area contributed by atoms with Crippen LogP contribution in [0.3, 0.4) is 0 Å². The van der Waals surface area contributed by atoms with Gasteiger partial charge in [-0.05, 0) is 25.5 Å². The molecule has 0 unspecified atom stereocenters.